The third kappa shape index (κ3) is 5.89. The van der Waals surface area contributed by atoms with Gasteiger partial charge in [-0.3, -0.25) is 9.59 Å². The summed E-state index contributed by atoms with van der Waals surface area (Å²) in [4.78, 5) is 22.7. The van der Waals surface area contributed by atoms with Crippen molar-refractivity contribution >= 4 is 29.0 Å². The molecule has 8 heteroatoms. The number of nitrogens with zero attached hydrogens (tertiary/aromatic N) is 1. The number of hydrogen-bond acceptors (Lipinski definition) is 3. The smallest absolute Gasteiger partial charge is 0.311 e. The molecule has 86 valence electrons. The van der Waals surface area contributed by atoms with Crippen LogP contribution in [0.5, 0.6) is 0 Å². The SMILES string of the molecule is CN(CC(F)F)C(=O)C(=O)NCC(N)=S. The average Bonchev–Trinajstić information content (AvgIpc) is 2.11. The number of rotatable bonds is 4. The van der Waals surface area contributed by atoms with Gasteiger partial charge < -0.3 is 16.0 Å². The summed E-state index contributed by atoms with van der Waals surface area (Å²) >= 11 is 4.45. The van der Waals surface area contributed by atoms with Crippen LogP contribution in [0, 0.1) is 0 Å². The van der Waals surface area contributed by atoms with E-state index < -0.39 is 24.8 Å². The van der Waals surface area contributed by atoms with Crippen LogP contribution in [0.1, 0.15) is 0 Å². The fourth-order valence-corrected chi connectivity index (χ4v) is 0.778. The second kappa shape index (κ2) is 6.23. The lowest BCUT2D eigenvalue weighted by atomic mass is 10.4. The summed E-state index contributed by atoms with van der Waals surface area (Å²) < 4.78 is 23.7. The van der Waals surface area contributed by atoms with E-state index in [0.717, 1.165) is 7.05 Å². The van der Waals surface area contributed by atoms with Crippen molar-refractivity contribution in [2.24, 2.45) is 5.73 Å². The number of likely N-dealkylation sites (N-methyl/N-ethyl adjacent to an activating group) is 1. The summed E-state index contributed by atoms with van der Waals surface area (Å²) in [5, 5.41) is 2.09. The Morgan fingerprint density at radius 3 is 2.47 bits per heavy atom. The Balaban J connectivity index is 4.08. The van der Waals surface area contributed by atoms with Gasteiger partial charge in [-0.2, -0.15) is 0 Å². The van der Waals surface area contributed by atoms with Gasteiger partial charge in [-0.25, -0.2) is 8.78 Å². The summed E-state index contributed by atoms with van der Waals surface area (Å²) in [6.07, 6.45) is -2.68. The standard InChI is InChI=1S/C7H11F2N3O2S/c1-12(3-4(8)9)7(14)6(13)11-2-5(10)15/h4H,2-3H2,1H3,(H2,10,15)(H,11,13). The molecule has 5 nitrogen and oxygen atoms in total. The molecule has 0 bridgehead atoms. The van der Waals surface area contributed by atoms with E-state index in [1.165, 1.54) is 0 Å². The first kappa shape index (κ1) is 13.7. The molecule has 0 aliphatic rings. The molecule has 0 saturated heterocycles. The fourth-order valence-electron chi connectivity index (χ4n) is 0.706. The summed E-state index contributed by atoms with van der Waals surface area (Å²) in [6, 6.07) is 0. The highest BCUT2D eigenvalue weighted by atomic mass is 32.1. The van der Waals surface area contributed by atoms with Gasteiger partial charge in [0.05, 0.1) is 18.1 Å². The van der Waals surface area contributed by atoms with E-state index in [1.54, 1.807) is 0 Å². The molecule has 0 aromatic carbocycles. The number of hydrogen-bond donors (Lipinski definition) is 2. The predicted molar refractivity (Wildman–Crippen MR) is 53.4 cm³/mol. The Hall–Kier alpha value is -1.31. The molecule has 15 heavy (non-hydrogen) atoms. The molecule has 0 atom stereocenters. The lowest BCUT2D eigenvalue weighted by Crippen LogP contribution is -2.44. The number of nitrogens with one attached hydrogen (secondary N) is 1. The molecule has 0 spiro atoms. The van der Waals surface area contributed by atoms with Crippen LogP contribution in [-0.2, 0) is 9.59 Å². The Bertz CT molecular complexity index is 273. The first-order chi connectivity index (χ1) is 6.84. The predicted octanol–water partition coefficient (Wildman–Crippen LogP) is -0.888. The molecule has 0 aliphatic carbocycles. The molecule has 0 radical (unpaired) electrons. The van der Waals surface area contributed by atoms with E-state index in [2.05, 4.69) is 17.5 Å². The molecule has 0 aliphatic heterocycles. The number of nitrogens with two attached hydrogens (primary N) is 1. The topological polar surface area (TPSA) is 75.4 Å². The van der Waals surface area contributed by atoms with Gasteiger partial charge in [0.15, 0.2) is 0 Å². The minimum absolute atomic E-state index is 0.00710. The van der Waals surface area contributed by atoms with Crippen molar-refractivity contribution in [1.29, 1.82) is 0 Å². The summed E-state index contributed by atoms with van der Waals surface area (Å²) in [7, 11) is 1.11. The molecular formula is C7H11F2N3O2S. The maximum Gasteiger partial charge on any atom is 0.311 e. The highest BCUT2D eigenvalue weighted by Gasteiger charge is 2.20. The Morgan fingerprint density at radius 1 is 1.53 bits per heavy atom. The van der Waals surface area contributed by atoms with Crippen LogP contribution >= 0.6 is 12.2 Å². The molecule has 2 amide bonds. The van der Waals surface area contributed by atoms with E-state index in [1.807, 2.05) is 0 Å². The second-order valence-corrected chi connectivity index (χ2v) is 3.25. The molecule has 0 aromatic rings. The normalized spacial score (nSPS) is 9.87. The minimum Gasteiger partial charge on any atom is -0.392 e. The van der Waals surface area contributed by atoms with Gasteiger partial charge in [-0.05, 0) is 0 Å². The van der Waals surface area contributed by atoms with Crippen molar-refractivity contribution in [1.82, 2.24) is 10.2 Å². The zero-order chi connectivity index (χ0) is 12.0. The monoisotopic (exact) mass is 239 g/mol. The fraction of sp³-hybridized carbons (Fsp3) is 0.571. The van der Waals surface area contributed by atoms with E-state index in [-0.39, 0.29) is 11.5 Å². The molecular weight excluding hydrogens is 228 g/mol. The number of halogens is 2. The Labute approximate surface area is 90.6 Å². The van der Waals surface area contributed by atoms with Crippen molar-refractivity contribution in [3.05, 3.63) is 0 Å². The number of amides is 2. The lowest BCUT2D eigenvalue weighted by molar-refractivity contribution is -0.145. The van der Waals surface area contributed by atoms with Crippen molar-refractivity contribution in [2.45, 2.75) is 6.43 Å². The number of carbonyl (C=O) groups is 2. The highest BCUT2D eigenvalue weighted by Crippen LogP contribution is 1.95. The van der Waals surface area contributed by atoms with Gasteiger partial charge in [0, 0.05) is 7.05 Å². The van der Waals surface area contributed by atoms with Crippen LogP contribution in [-0.4, -0.2) is 48.3 Å². The van der Waals surface area contributed by atoms with Crippen LogP contribution in [0.25, 0.3) is 0 Å². The van der Waals surface area contributed by atoms with Gasteiger partial charge in [-0.1, -0.05) is 12.2 Å². The summed E-state index contributed by atoms with van der Waals surface area (Å²) in [5.74, 6) is -2.06. The first-order valence-electron chi connectivity index (χ1n) is 3.94. The number of carbonyl (C=O) groups excluding carboxylic acids is 2. The molecule has 0 rings (SSSR count). The maximum absolute atomic E-state index is 11.9. The first-order valence-corrected chi connectivity index (χ1v) is 4.35. The Morgan fingerprint density at radius 2 is 2.07 bits per heavy atom. The van der Waals surface area contributed by atoms with Gasteiger partial charge in [0.1, 0.15) is 0 Å². The van der Waals surface area contributed by atoms with E-state index in [0.29, 0.717) is 4.90 Å². The molecule has 0 aromatic heterocycles. The third-order valence-corrected chi connectivity index (χ3v) is 1.52. The zero-order valence-corrected chi connectivity index (χ0v) is 8.81. The second-order valence-electron chi connectivity index (χ2n) is 2.73. The molecule has 0 saturated carbocycles. The van der Waals surface area contributed by atoms with Crippen LogP contribution < -0.4 is 11.1 Å². The number of thiocarbonyl (C=S) groups is 1. The van der Waals surface area contributed by atoms with Crippen molar-refractivity contribution in [3.8, 4) is 0 Å². The minimum atomic E-state index is -2.68. The van der Waals surface area contributed by atoms with Crippen LogP contribution in [0.4, 0.5) is 8.78 Å². The van der Waals surface area contributed by atoms with Crippen LogP contribution in [0.2, 0.25) is 0 Å². The van der Waals surface area contributed by atoms with E-state index in [4.69, 9.17) is 5.73 Å². The van der Waals surface area contributed by atoms with Crippen molar-refractivity contribution in [3.63, 3.8) is 0 Å². The highest BCUT2D eigenvalue weighted by molar-refractivity contribution is 7.80. The average molecular weight is 239 g/mol. The summed E-state index contributed by atoms with van der Waals surface area (Å²) in [5.41, 5.74) is 5.07. The van der Waals surface area contributed by atoms with E-state index in [9.17, 15) is 18.4 Å². The van der Waals surface area contributed by atoms with Crippen molar-refractivity contribution in [2.75, 3.05) is 20.1 Å². The van der Waals surface area contributed by atoms with Gasteiger partial charge in [-0.15, -0.1) is 0 Å². The zero-order valence-electron chi connectivity index (χ0n) is 8.00. The summed E-state index contributed by atoms with van der Waals surface area (Å²) in [6.45, 7) is -0.929. The quantitative estimate of drug-likeness (QED) is 0.493. The molecule has 3 N–H and O–H groups in total. The third-order valence-electron chi connectivity index (χ3n) is 1.38. The van der Waals surface area contributed by atoms with Gasteiger partial charge in [0.25, 0.3) is 6.43 Å². The number of alkyl halides is 2. The van der Waals surface area contributed by atoms with E-state index >= 15 is 0 Å². The van der Waals surface area contributed by atoms with Crippen LogP contribution in [0.15, 0.2) is 0 Å². The Kier molecular flexibility index (Phi) is 5.68. The molecule has 0 fully saturated rings. The van der Waals surface area contributed by atoms with Gasteiger partial charge in [0.2, 0.25) is 0 Å². The van der Waals surface area contributed by atoms with Crippen LogP contribution in [0.3, 0.4) is 0 Å². The molecule has 0 heterocycles. The van der Waals surface area contributed by atoms with Crippen molar-refractivity contribution < 1.29 is 18.4 Å². The lowest BCUT2D eigenvalue weighted by Gasteiger charge is -2.15. The maximum atomic E-state index is 11.9. The molecule has 0 unspecified atom stereocenters. The largest absolute Gasteiger partial charge is 0.392 e. The van der Waals surface area contributed by atoms with Gasteiger partial charge >= 0.3 is 11.8 Å².